The first kappa shape index (κ1) is 36.3. The maximum Gasteiger partial charge on any atom is 0.335 e. The van der Waals surface area contributed by atoms with Crippen molar-refractivity contribution >= 4 is 80.5 Å². The number of ether oxygens (including phenoxy) is 1. The van der Waals surface area contributed by atoms with Crippen molar-refractivity contribution < 1.29 is 46.6 Å². The van der Waals surface area contributed by atoms with E-state index in [1.165, 1.54) is 31.4 Å². The zero-order chi connectivity index (χ0) is 34.3. The molecule has 2 bridgehead atoms. The Balaban J connectivity index is 1.45. The second kappa shape index (κ2) is 16.2. The Morgan fingerprint density at radius 3 is 2.44 bits per heavy atom. The van der Waals surface area contributed by atoms with Crippen LogP contribution >= 0.6 is 36.0 Å². The van der Waals surface area contributed by atoms with E-state index >= 15 is 0 Å². The van der Waals surface area contributed by atoms with Gasteiger partial charge in [-0.2, -0.15) is 4.98 Å². The third-order valence-electron chi connectivity index (χ3n) is 7.70. The number of sulfone groups is 1. The number of halogens is 1. The van der Waals surface area contributed by atoms with Crippen molar-refractivity contribution in [2.75, 3.05) is 69.8 Å². The zero-order valence-corrected chi connectivity index (χ0v) is 28.6. The van der Waals surface area contributed by atoms with Gasteiger partial charge in [0.15, 0.2) is 22.2 Å². The molecule has 3 fully saturated rings. The van der Waals surface area contributed by atoms with Crippen LogP contribution in [0.2, 0.25) is 5.28 Å². The van der Waals surface area contributed by atoms with Crippen LogP contribution < -0.4 is 20.3 Å². The molecule has 0 saturated carbocycles. The molecule has 3 aliphatic heterocycles. The number of hydrogen-bond acceptors (Lipinski definition) is 20. The predicted octanol–water partition coefficient (Wildman–Crippen LogP) is 4.42. The SMILES string of the molecule is COc1cc(S(=O)(=O)CCOSOOO)c(C)cc1N=Nc1cc(SOOO)c(N)cc1Nc1nc(Cl)nc([N+]23CCN(CC2)CC3)n1. The number of rotatable bonds is 16. The van der Waals surface area contributed by atoms with Crippen LogP contribution in [0.3, 0.4) is 0 Å². The van der Waals surface area contributed by atoms with Crippen LogP contribution in [0, 0.1) is 6.92 Å². The lowest BCUT2D eigenvalue weighted by atomic mass is 10.1. The third-order valence-corrected chi connectivity index (χ3v) is 10.7. The van der Waals surface area contributed by atoms with Gasteiger partial charge in [-0.05, 0) is 42.3 Å². The highest BCUT2D eigenvalue weighted by atomic mass is 35.5. The van der Waals surface area contributed by atoms with E-state index in [2.05, 4.69) is 49.2 Å². The van der Waals surface area contributed by atoms with Crippen LogP contribution in [0.25, 0.3) is 0 Å². The number of quaternary nitrogens is 1. The summed E-state index contributed by atoms with van der Waals surface area (Å²) in [6.07, 6.45) is 0. The number of anilines is 3. The number of piperazine rings is 3. The number of benzene rings is 2. The third kappa shape index (κ3) is 8.60. The molecule has 0 unspecified atom stereocenters. The number of azo groups is 1. The van der Waals surface area contributed by atoms with Crippen LogP contribution in [0.1, 0.15) is 5.56 Å². The fraction of sp³-hybridized carbons (Fsp3) is 0.400. The zero-order valence-electron chi connectivity index (χ0n) is 25.4. The van der Waals surface area contributed by atoms with Gasteiger partial charge in [0.25, 0.3) is 0 Å². The highest BCUT2D eigenvalue weighted by Gasteiger charge is 2.43. The van der Waals surface area contributed by atoms with Crippen molar-refractivity contribution in [3.05, 3.63) is 35.1 Å². The molecule has 2 aromatic carbocycles. The normalized spacial score (nSPS) is 19.2. The fourth-order valence-corrected chi connectivity index (χ4v) is 7.50. The van der Waals surface area contributed by atoms with Crippen molar-refractivity contribution in [1.29, 1.82) is 0 Å². The van der Waals surface area contributed by atoms with E-state index in [9.17, 15) is 8.42 Å². The minimum atomic E-state index is -3.83. The molecule has 0 atom stereocenters. The summed E-state index contributed by atoms with van der Waals surface area (Å²) in [7, 11) is -2.47. The number of fused-ring (bicyclic) bond motifs is 3. The van der Waals surface area contributed by atoms with Gasteiger partial charge in [-0.3, -0.25) is 13.6 Å². The molecule has 23 heteroatoms. The smallest absolute Gasteiger partial charge is 0.335 e. The average Bonchev–Trinajstić information content (AvgIpc) is 3.07. The number of nitrogen functional groups attached to an aromatic ring is 1. The summed E-state index contributed by atoms with van der Waals surface area (Å²) in [6.45, 7) is 6.71. The van der Waals surface area contributed by atoms with E-state index in [-0.39, 0.29) is 57.9 Å². The maximum atomic E-state index is 13.0. The number of hydrogen-bond donors (Lipinski definition) is 4. The van der Waals surface area contributed by atoms with Crippen LogP contribution in [-0.4, -0.2) is 97.5 Å². The Bertz CT molecular complexity index is 1740. The van der Waals surface area contributed by atoms with Crippen molar-refractivity contribution in [2.24, 2.45) is 10.2 Å². The predicted molar refractivity (Wildman–Crippen MR) is 175 cm³/mol. The molecule has 1 aromatic heterocycles. The lowest BCUT2D eigenvalue weighted by Gasteiger charge is -2.48. The lowest BCUT2D eigenvalue weighted by Crippen LogP contribution is -2.69. The van der Waals surface area contributed by atoms with Crippen LogP contribution in [0.5, 0.6) is 5.75 Å². The van der Waals surface area contributed by atoms with Crippen molar-refractivity contribution in [2.45, 2.75) is 16.7 Å². The van der Waals surface area contributed by atoms with Gasteiger partial charge >= 0.3 is 5.95 Å². The molecule has 0 radical (unpaired) electrons. The summed E-state index contributed by atoms with van der Waals surface area (Å²) in [6, 6.07) is 5.89. The van der Waals surface area contributed by atoms with Gasteiger partial charge in [-0.1, -0.05) is 10.1 Å². The molecule has 3 aromatic rings. The highest BCUT2D eigenvalue weighted by molar-refractivity contribution is 7.94. The summed E-state index contributed by atoms with van der Waals surface area (Å²) in [4.78, 5) is 16.2. The van der Waals surface area contributed by atoms with E-state index in [1.807, 2.05) is 0 Å². The Hall–Kier alpha value is -2.97. The van der Waals surface area contributed by atoms with E-state index < -0.39 is 15.6 Å². The second-order valence-electron chi connectivity index (χ2n) is 10.5. The monoisotopic (exact) mass is 748 g/mol. The van der Waals surface area contributed by atoms with E-state index in [4.69, 9.17) is 41.8 Å². The van der Waals surface area contributed by atoms with Gasteiger partial charge in [0.2, 0.25) is 11.2 Å². The number of nitrogens with two attached hydrogens (primary N) is 1. The Morgan fingerprint density at radius 2 is 1.75 bits per heavy atom. The first-order valence-electron chi connectivity index (χ1n) is 14.0. The second-order valence-corrected chi connectivity index (χ2v) is 14.2. The van der Waals surface area contributed by atoms with E-state index in [0.717, 1.165) is 39.3 Å². The standard InChI is InChI=1S/C25H30ClN9O10S3/c1-15-11-19(20(40-2)14-22(15)48(38,39)10-9-41-47-45-43-37)33-32-18-13-21(46-44-42-36)16(27)12-17(18)28-24-29-23(26)30-25(31-24)35-6-3-34(4-7-35)5-8-35/h11-14H,3-10,27H2,1-2H3,(H2-,28,29,30,31,36,37)/p+1. The van der Waals surface area contributed by atoms with Gasteiger partial charge in [-0.25, -0.2) is 18.9 Å². The van der Waals surface area contributed by atoms with Crippen LogP contribution in [0.15, 0.2) is 44.3 Å². The van der Waals surface area contributed by atoms with Gasteiger partial charge < -0.3 is 15.8 Å². The molecule has 260 valence electrons. The summed E-state index contributed by atoms with van der Waals surface area (Å²) in [5.41, 5.74) is 7.63. The molecular formula is C25H31ClN9O10S3+. The molecule has 5 N–H and O–H groups in total. The quantitative estimate of drug-likeness (QED) is 0.0302. The number of nitrogens with zero attached hydrogens (tertiary/aromatic N) is 7. The minimum Gasteiger partial charge on any atom is -0.494 e. The Labute approximate surface area is 288 Å². The van der Waals surface area contributed by atoms with Gasteiger partial charge in [0.05, 0.1) is 66.6 Å². The molecule has 3 aliphatic rings. The average molecular weight is 749 g/mol. The van der Waals surface area contributed by atoms with Gasteiger partial charge in [0.1, 0.15) is 17.1 Å². The van der Waals surface area contributed by atoms with E-state index in [0.29, 0.717) is 38.6 Å². The molecule has 0 aliphatic carbocycles. The van der Waals surface area contributed by atoms with Crippen molar-refractivity contribution in [3.8, 4) is 5.75 Å². The summed E-state index contributed by atoms with van der Waals surface area (Å²) in [5.74, 6) is 0.442. The van der Waals surface area contributed by atoms with Gasteiger partial charge in [0, 0.05) is 31.4 Å². The number of nitrogens with one attached hydrogen (secondary N) is 1. The summed E-state index contributed by atoms with van der Waals surface area (Å²) < 4.78 is 45.6. The molecule has 19 nitrogen and oxygen atoms in total. The summed E-state index contributed by atoms with van der Waals surface area (Å²) >= 11 is 7.28. The molecule has 0 amide bonds. The fourth-order valence-electron chi connectivity index (χ4n) is 5.25. The minimum absolute atomic E-state index is 0.00932. The largest absolute Gasteiger partial charge is 0.494 e. The maximum absolute atomic E-state index is 13.0. The van der Waals surface area contributed by atoms with Crippen LogP contribution in [0.4, 0.5) is 34.6 Å². The first-order valence-corrected chi connectivity index (χ1v) is 17.5. The van der Waals surface area contributed by atoms with Crippen molar-refractivity contribution in [3.63, 3.8) is 0 Å². The van der Waals surface area contributed by atoms with Crippen molar-refractivity contribution in [1.82, 2.24) is 24.3 Å². The molecular weight excluding hydrogens is 718 g/mol. The molecule has 3 saturated heterocycles. The van der Waals surface area contributed by atoms with Gasteiger partial charge in [-0.15, -0.1) is 28.9 Å². The molecule has 6 rings (SSSR count). The topological polar surface area (TPSA) is 235 Å². The number of aryl methyl sites for hydroxylation is 1. The Morgan fingerprint density at radius 1 is 1.04 bits per heavy atom. The molecule has 0 spiro atoms. The highest BCUT2D eigenvalue weighted by Crippen LogP contribution is 2.40. The molecule has 4 heterocycles. The number of methoxy groups -OCH3 is 1. The number of aromatic nitrogens is 3. The Kier molecular flexibility index (Phi) is 12.2. The van der Waals surface area contributed by atoms with Crippen LogP contribution in [-0.2, 0) is 32.8 Å². The lowest BCUT2D eigenvalue weighted by molar-refractivity contribution is -0.434. The molecule has 48 heavy (non-hydrogen) atoms. The van der Waals surface area contributed by atoms with E-state index in [1.54, 1.807) is 6.92 Å². The summed E-state index contributed by atoms with van der Waals surface area (Å²) in [5, 5.41) is 35.8. The first-order chi connectivity index (χ1) is 23.1.